The molecular formula is C10H9NO4. The van der Waals surface area contributed by atoms with Crippen molar-refractivity contribution in [1.29, 1.82) is 0 Å². The van der Waals surface area contributed by atoms with E-state index in [1.54, 1.807) is 6.07 Å². The minimum atomic E-state index is -0.457. The van der Waals surface area contributed by atoms with Crippen molar-refractivity contribution in [3.05, 3.63) is 29.3 Å². The van der Waals surface area contributed by atoms with Gasteiger partial charge < -0.3 is 4.74 Å². The number of anilines is 1. The van der Waals surface area contributed by atoms with Crippen LogP contribution in [0.2, 0.25) is 0 Å². The number of carbonyl (C=O) groups is 2. The van der Waals surface area contributed by atoms with Crippen LogP contribution in [0, 0.1) is 0 Å². The molecule has 0 radical (unpaired) electrons. The maximum Gasteiger partial charge on any atom is 0.337 e. The van der Waals surface area contributed by atoms with Crippen molar-refractivity contribution in [2.24, 2.45) is 0 Å². The molecule has 0 unspecified atom stereocenters. The van der Waals surface area contributed by atoms with E-state index in [4.69, 9.17) is 0 Å². The summed E-state index contributed by atoms with van der Waals surface area (Å²) in [6.07, 6.45) is 0.108. The Labute approximate surface area is 85.8 Å². The lowest BCUT2D eigenvalue weighted by Crippen LogP contribution is -2.21. The second-order valence-corrected chi connectivity index (χ2v) is 3.22. The minimum Gasteiger partial charge on any atom is -0.465 e. The summed E-state index contributed by atoms with van der Waals surface area (Å²) < 4.78 is 4.55. The van der Waals surface area contributed by atoms with Gasteiger partial charge in [-0.2, -0.15) is 5.06 Å². The highest BCUT2D eigenvalue weighted by Crippen LogP contribution is 2.28. The van der Waals surface area contributed by atoms with E-state index in [1.807, 2.05) is 0 Å². The van der Waals surface area contributed by atoms with Crippen LogP contribution in [0.1, 0.15) is 15.9 Å². The lowest BCUT2D eigenvalue weighted by molar-refractivity contribution is -0.122. The lowest BCUT2D eigenvalue weighted by Gasteiger charge is -2.07. The maximum atomic E-state index is 11.2. The fraction of sp³-hybridized carbons (Fsp3) is 0.200. The number of esters is 1. The summed E-state index contributed by atoms with van der Waals surface area (Å²) in [5.74, 6) is -0.853. The molecule has 5 heteroatoms. The third-order valence-corrected chi connectivity index (χ3v) is 2.31. The van der Waals surface area contributed by atoms with Gasteiger partial charge in [0.05, 0.1) is 24.8 Å². The van der Waals surface area contributed by atoms with Gasteiger partial charge in [-0.1, -0.05) is 0 Å². The van der Waals surface area contributed by atoms with Crippen molar-refractivity contribution in [1.82, 2.24) is 0 Å². The number of fused-ring (bicyclic) bond motifs is 1. The van der Waals surface area contributed by atoms with E-state index in [1.165, 1.54) is 19.2 Å². The third kappa shape index (κ3) is 1.46. The molecule has 1 aromatic rings. The smallest absolute Gasteiger partial charge is 0.337 e. The van der Waals surface area contributed by atoms with Crippen molar-refractivity contribution in [3.63, 3.8) is 0 Å². The van der Waals surface area contributed by atoms with Crippen LogP contribution in [0.3, 0.4) is 0 Å². The minimum absolute atomic E-state index is 0.108. The highest BCUT2D eigenvalue weighted by atomic mass is 16.5. The molecule has 1 aliphatic rings. The standard InChI is InChI=1S/C10H9NO4/c1-15-10(13)6-2-3-8-7(4-6)5-9(12)11(8)14/h2-4,14H,5H2,1H3. The second-order valence-electron chi connectivity index (χ2n) is 3.22. The molecule has 1 aliphatic heterocycles. The number of hydroxylamine groups is 1. The van der Waals surface area contributed by atoms with Gasteiger partial charge in [0.1, 0.15) is 0 Å². The number of hydrogen-bond donors (Lipinski definition) is 1. The van der Waals surface area contributed by atoms with E-state index < -0.39 is 11.9 Å². The number of hydrogen-bond acceptors (Lipinski definition) is 4. The normalized spacial score (nSPS) is 14.0. The fourth-order valence-electron chi connectivity index (χ4n) is 1.55. The van der Waals surface area contributed by atoms with E-state index >= 15 is 0 Å². The molecule has 1 N–H and O–H groups in total. The topological polar surface area (TPSA) is 66.8 Å². The average Bonchev–Trinajstić information content (AvgIpc) is 2.53. The van der Waals surface area contributed by atoms with Crippen molar-refractivity contribution in [2.75, 3.05) is 12.2 Å². The first-order valence-electron chi connectivity index (χ1n) is 4.36. The Kier molecular flexibility index (Phi) is 2.17. The van der Waals surface area contributed by atoms with Gasteiger partial charge in [-0.05, 0) is 23.8 Å². The quantitative estimate of drug-likeness (QED) is 0.545. The fourth-order valence-corrected chi connectivity index (χ4v) is 1.55. The van der Waals surface area contributed by atoms with Gasteiger partial charge in [0.2, 0.25) is 0 Å². The monoisotopic (exact) mass is 207 g/mol. The van der Waals surface area contributed by atoms with Crippen LogP contribution in [-0.4, -0.2) is 24.2 Å². The molecular weight excluding hydrogens is 198 g/mol. The van der Waals surface area contributed by atoms with Gasteiger partial charge in [-0.3, -0.25) is 10.0 Å². The summed E-state index contributed by atoms with van der Waals surface area (Å²) in [6, 6.07) is 4.58. The molecule has 0 saturated carbocycles. The highest BCUT2D eigenvalue weighted by molar-refractivity contribution is 6.00. The Bertz CT molecular complexity index is 441. The van der Waals surface area contributed by atoms with Gasteiger partial charge >= 0.3 is 5.97 Å². The van der Waals surface area contributed by atoms with Crippen molar-refractivity contribution < 1.29 is 19.5 Å². The number of ether oxygens (including phenoxy) is 1. The molecule has 0 aromatic heterocycles. The van der Waals surface area contributed by atoms with Crippen LogP contribution < -0.4 is 5.06 Å². The molecule has 15 heavy (non-hydrogen) atoms. The van der Waals surface area contributed by atoms with Crippen LogP contribution in [-0.2, 0) is 16.0 Å². The van der Waals surface area contributed by atoms with E-state index in [0.29, 0.717) is 21.9 Å². The molecule has 0 atom stereocenters. The Morgan fingerprint density at radius 1 is 1.53 bits per heavy atom. The van der Waals surface area contributed by atoms with E-state index in [9.17, 15) is 14.8 Å². The third-order valence-electron chi connectivity index (χ3n) is 2.31. The Morgan fingerprint density at radius 3 is 2.93 bits per heavy atom. The zero-order valence-corrected chi connectivity index (χ0v) is 8.06. The van der Waals surface area contributed by atoms with E-state index in [-0.39, 0.29) is 6.42 Å². The first kappa shape index (κ1) is 9.67. The molecule has 2 rings (SSSR count). The average molecular weight is 207 g/mol. The second kappa shape index (κ2) is 3.36. The Balaban J connectivity index is 2.42. The predicted octanol–water partition coefficient (Wildman–Crippen LogP) is 0.752. The summed E-state index contributed by atoms with van der Waals surface area (Å²) >= 11 is 0. The van der Waals surface area contributed by atoms with E-state index in [0.717, 1.165) is 0 Å². The first-order chi connectivity index (χ1) is 7.13. The van der Waals surface area contributed by atoms with Crippen LogP contribution in [0.4, 0.5) is 5.69 Å². The van der Waals surface area contributed by atoms with Gasteiger partial charge in [-0.15, -0.1) is 0 Å². The highest BCUT2D eigenvalue weighted by Gasteiger charge is 2.26. The van der Waals surface area contributed by atoms with Gasteiger partial charge in [0.15, 0.2) is 0 Å². The molecule has 78 valence electrons. The van der Waals surface area contributed by atoms with Crippen LogP contribution >= 0.6 is 0 Å². The summed E-state index contributed by atoms with van der Waals surface area (Å²) in [5, 5.41) is 9.90. The SMILES string of the molecule is COC(=O)c1ccc2c(c1)CC(=O)N2O. The molecule has 1 heterocycles. The van der Waals surface area contributed by atoms with Crippen molar-refractivity contribution in [3.8, 4) is 0 Å². The number of benzene rings is 1. The van der Waals surface area contributed by atoms with Crippen molar-refractivity contribution in [2.45, 2.75) is 6.42 Å². The Morgan fingerprint density at radius 2 is 2.27 bits per heavy atom. The van der Waals surface area contributed by atoms with Crippen molar-refractivity contribution >= 4 is 17.6 Å². The van der Waals surface area contributed by atoms with Gasteiger partial charge in [0, 0.05) is 0 Å². The maximum absolute atomic E-state index is 11.2. The summed E-state index contributed by atoms with van der Waals surface area (Å²) in [4.78, 5) is 22.3. The summed E-state index contributed by atoms with van der Waals surface area (Å²) in [5.41, 5.74) is 1.43. The lowest BCUT2D eigenvalue weighted by atomic mass is 10.1. The van der Waals surface area contributed by atoms with Crippen LogP contribution in [0.15, 0.2) is 18.2 Å². The molecule has 5 nitrogen and oxygen atoms in total. The van der Waals surface area contributed by atoms with E-state index in [2.05, 4.69) is 4.74 Å². The number of carbonyl (C=O) groups excluding carboxylic acids is 2. The molecule has 1 amide bonds. The predicted molar refractivity (Wildman–Crippen MR) is 50.8 cm³/mol. The Hall–Kier alpha value is -1.88. The number of rotatable bonds is 1. The largest absolute Gasteiger partial charge is 0.465 e. The molecule has 1 aromatic carbocycles. The molecule has 0 spiro atoms. The van der Waals surface area contributed by atoms with Crippen LogP contribution in [0.25, 0.3) is 0 Å². The zero-order chi connectivity index (χ0) is 11.0. The zero-order valence-electron chi connectivity index (χ0n) is 8.06. The summed E-state index contributed by atoms with van der Waals surface area (Å²) in [6.45, 7) is 0. The first-order valence-corrected chi connectivity index (χ1v) is 4.36. The van der Waals surface area contributed by atoms with Gasteiger partial charge in [0.25, 0.3) is 5.91 Å². The number of nitrogens with zero attached hydrogens (tertiary/aromatic N) is 1. The molecule has 0 bridgehead atoms. The number of methoxy groups -OCH3 is 1. The molecule has 0 saturated heterocycles. The number of amides is 1. The van der Waals surface area contributed by atoms with Crippen LogP contribution in [0.5, 0.6) is 0 Å². The van der Waals surface area contributed by atoms with Gasteiger partial charge in [-0.25, -0.2) is 4.79 Å². The summed E-state index contributed by atoms with van der Waals surface area (Å²) in [7, 11) is 1.29. The molecule has 0 aliphatic carbocycles. The molecule has 0 fully saturated rings.